The van der Waals surface area contributed by atoms with Gasteiger partial charge in [0.25, 0.3) is 5.03 Å². The average Bonchev–Trinajstić information content (AvgIpc) is 2.03. The third kappa shape index (κ3) is 3.09. The van der Waals surface area contributed by atoms with Gasteiger partial charge in [0.2, 0.25) is 0 Å². The number of nitrogens with zero attached hydrogens (tertiary/aromatic N) is 1. The molecular weight excluding hydrogens is 217 g/mol. The van der Waals surface area contributed by atoms with Crippen LogP contribution >= 0.6 is 35.0 Å². The van der Waals surface area contributed by atoms with Gasteiger partial charge in [0.05, 0.1) is 0 Å². The highest BCUT2D eigenvalue weighted by Crippen LogP contribution is 2.17. The maximum absolute atomic E-state index is 11.0. The van der Waals surface area contributed by atoms with Crippen molar-refractivity contribution in [3.63, 3.8) is 0 Å². The van der Waals surface area contributed by atoms with E-state index in [1.165, 1.54) is 18.0 Å². The van der Waals surface area contributed by atoms with Gasteiger partial charge in [0.15, 0.2) is 6.20 Å². The Hall–Kier alpha value is -0.120. The van der Waals surface area contributed by atoms with Crippen molar-refractivity contribution in [2.45, 2.75) is 9.86 Å². The molecule has 0 aliphatic rings. The Bertz CT molecular complexity index is 257. The maximum atomic E-state index is 11.0. The summed E-state index contributed by atoms with van der Waals surface area (Å²) in [5, 5.41) is 11.7. The van der Waals surface area contributed by atoms with E-state index in [1.54, 1.807) is 18.2 Å². The molecule has 0 saturated carbocycles. The number of rotatable bonds is 3. The van der Waals surface area contributed by atoms with Crippen LogP contribution in [-0.2, 0) is 0 Å². The maximum Gasteiger partial charge on any atom is 0.251 e. The van der Waals surface area contributed by atoms with Gasteiger partial charge in [0.1, 0.15) is 4.84 Å². The predicted octanol–water partition coefficient (Wildman–Crippen LogP) is 2.22. The zero-order valence-electron chi connectivity index (χ0n) is 6.11. The highest BCUT2D eigenvalue weighted by molar-refractivity contribution is 7.99. The fraction of sp³-hybridized carbons (Fsp3) is 0.286. The number of pyridine rings is 1. The quantitative estimate of drug-likeness (QED) is 0.340. The van der Waals surface area contributed by atoms with E-state index in [-0.39, 0.29) is 0 Å². The number of thioether (sulfide) groups is 1. The Balaban J connectivity index is 2.57. The zero-order valence-corrected chi connectivity index (χ0v) is 8.44. The monoisotopic (exact) mass is 223 g/mol. The number of aromatic nitrogens is 1. The van der Waals surface area contributed by atoms with Crippen LogP contribution in [0.1, 0.15) is 0 Å². The van der Waals surface area contributed by atoms with Gasteiger partial charge >= 0.3 is 0 Å². The molecule has 0 aliphatic carbocycles. The first kappa shape index (κ1) is 9.96. The SMILES string of the molecule is [O-][n+]1ccccc1SCC(Cl)Cl. The molecule has 0 amide bonds. The molecule has 0 aliphatic heterocycles. The average molecular weight is 224 g/mol. The first-order chi connectivity index (χ1) is 5.70. The van der Waals surface area contributed by atoms with Gasteiger partial charge in [-0.3, -0.25) is 0 Å². The van der Waals surface area contributed by atoms with Crippen LogP contribution in [0.2, 0.25) is 0 Å². The fourth-order valence-electron chi connectivity index (χ4n) is 0.673. The van der Waals surface area contributed by atoms with E-state index < -0.39 is 4.84 Å². The summed E-state index contributed by atoms with van der Waals surface area (Å²) in [5.41, 5.74) is 0. The fourth-order valence-corrected chi connectivity index (χ4v) is 1.71. The molecule has 0 atom stereocenters. The number of hydrogen-bond acceptors (Lipinski definition) is 2. The number of alkyl halides is 2. The summed E-state index contributed by atoms with van der Waals surface area (Å²) in [5.74, 6) is 0.523. The number of halogens is 2. The standard InChI is InChI=1S/C7H7Cl2NOS/c8-6(9)5-12-7-3-1-2-4-10(7)11/h1-4,6H,5H2. The molecule has 1 heterocycles. The van der Waals surface area contributed by atoms with Crippen LogP contribution in [0.5, 0.6) is 0 Å². The van der Waals surface area contributed by atoms with Gasteiger partial charge in [-0.05, 0) is 6.07 Å². The third-order valence-corrected chi connectivity index (χ3v) is 2.93. The molecule has 0 radical (unpaired) electrons. The molecule has 0 aromatic carbocycles. The van der Waals surface area contributed by atoms with Crippen molar-refractivity contribution in [2.24, 2.45) is 0 Å². The molecule has 1 rings (SSSR count). The van der Waals surface area contributed by atoms with E-state index in [9.17, 15) is 5.21 Å². The summed E-state index contributed by atoms with van der Waals surface area (Å²) in [6.07, 6.45) is 1.44. The minimum absolute atomic E-state index is 0.435. The molecule has 0 spiro atoms. The van der Waals surface area contributed by atoms with Gasteiger partial charge < -0.3 is 5.21 Å². The van der Waals surface area contributed by atoms with Crippen LogP contribution in [0, 0.1) is 5.21 Å². The Labute approximate surface area is 85.1 Å². The van der Waals surface area contributed by atoms with E-state index in [1.807, 2.05) is 0 Å². The first-order valence-electron chi connectivity index (χ1n) is 3.29. The largest absolute Gasteiger partial charge is 0.618 e. The summed E-state index contributed by atoms with van der Waals surface area (Å²) in [6.45, 7) is 0. The molecule has 1 aromatic heterocycles. The minimum Gasteiger partial charge on any atom is -0.618 e. The third-order valence-electron chi connectivity index (χ3n) is 1.15. The molecule has 0 bridgehead atoms. The van der Waals surface area contributed by atoms with Gasteiger partial charge in [-0.1, -0.05) is 11.8 Å². The summed E-state index contributed by atoms with van der Waals surface area (Å²) >= 11 is 12.4. The lowest BCUT2D eigenvalue weighted by Crippen LogP contribution is -2.27. The van der Waals surface area contributed by atoms with Crippen LogP contribution in [-0.4, -0.2) is 10.6 Å². The van der Waals surface area contributed by atoms with Crippen molar-refractivity contribution in [3.8, 4) is 0 Å². The van der Waals surface area contributed by atoms with Gasteiger partial charge in [-0.2, -0.15) is 4.73 Å². The Morgan fingerprint density at radius 2 is 2.25 bits per heavy atom. The van der Waals surface area contributed by atoms with Crippen LogP contribution in [0.3, 0.4) is 0 Å². The molecule has 0 saturated heterocycles. The lowest BCUT2D eigenvalue weighted by Gasteiger charge is -2.02. The summed E-state index contributed by atoms with van der Waals surface area (Å²) < 4.78 is 0.792. The minimum atomic E-state index is -0.435. The van der Waals surface area contributed by atoms with E-state index in [4.69, 9.17) is 23.2 Å². The molecule has 0 fully saturated rings. The van der Waals surface area contributed by atoms with Crippen molar-refractivity contribution in [1.82, 2.24) is 0 Å². The Kier molecular flexibility index (Phi) is 3.98. The van der Waals surface area contributed by atoms with Crippen LogP contribution in [0.4, 0.5) is 0 Å². The molecule has 2 nitrogen and oxygen atoms in total. The molecule has 1 aromatic rings. The molecule has 0 N–H and O–H groups in total. The van der Waals surface area contributed by atoms with Crippen LogP contribution < -0.4 is 4.73 Å². The molecule has 5 heteroatoms. The van der Waals surface area contributed by atoms with Gasteiger partial charge in [-0.15, -0.1) is 23.2 Å². The Morgan fingerprint density at radius 3 is 2.83 bits per heavy atom. The second-order valence-corrected chi connectivity index (χ2v) is 4.38. The highest BCUT2D eigenvalue weighted by Gasteiger charge is 2.06. The summed E-state index contributed by atoms with van der Waals surface area (Å²) in [7, 11) is 0. The van der Waals surface area contributed by atoms with Crippen LogP contribution in [0.25, 0.3) is 0 Å². The summed E-state index contributed by atoms with van der Waals surface area (Å²) in [6, 6.07) is 5.21. The van der Waals surface area contributed by atoms with Crippen molar-refractivity contribution < 1.29 is 4.73 Å². The van der Waals surface area contributed by atoms with Gasteiger partial charge in [0, 0.05) is 17.9 Å². The smallest absolute Gasteiger partial charge is 0.251 e. The van der Waals surface area contributed by atoms with Crippen molar-refractivity contribution >= 4 is 35.0 Å². The van der Waals surface area contributed by atoms with Crippen LogP contribution in [0.15, 0.2) is 29.4 Å². The summed E-state index contributed by atoms with van der Waals surface area (Å²) in [4.78, 5) is -0.435. The normalized spacial score (nSPS) is 10.6. The van der Waals surface area contributed by atoms with E-state index in [0.29, 0.717) is 10.8 Å². The van der Waals surface area contributed by atoms with E-state index >= 15 is 0 Å². The van der Waals surface area contributed by atoms with Gasteiger partial charge in [-0.25, -0.2) is 0 Å². The second kappa shape index (κ2) is 4.80. The Morgan fingerprint density at radius 1 is 1.50 bits per heavy atom. The van der Waals surface area contributed by atoms with E-state index in [0.717, 1.165) is 4.73 Å². The second-order valence-electron chi connectivity index (χ2n) is 2.07. The lowest BCUT2D eigenvalue weighted by molar-refractivity contribution is -0.645. The highest BCUT2D eigenvalue weighted by atomic mass is 35.5. The number of hydrogen-bond donors (Lipinski definition) is 0. The lowest BCUT2D eigenvalue weighted by atomic mass is 10.5. The molecular formula is C7H7Cl2NOS. The van der Waals surface area contributed by atoms with Crippen molar-refractivity contribution in [3.05, 3.63) is 29.6 Å². The van der Waals surface area contributed by atoms with Crippen molar-refractivity contribution in [1.29, 1.82) is 0 Å². The molecule has 0 unspecified atom stereocenters. The molecule has 12 heavy (non-hydrogen) atoms. The zero-order chi connectivity index (χ0) is 8.97. The van der Waals surface area contributed by atoms with Crippen molar-refractivity contribution in [2.75, 3.05) is 5.75 Å². The topological polar surface area (TPSA) is 26.9 Å². The van der Waals surface area contributed by atoms with E-state index in [2.05, 4.69) is 0 Å². The first-order valence-corrected chi connectivity index (χ1v) is 5.15. The molecule has 66 valence electrons. The predicted molar refractivity (Wildman–Crippen MR) is 51.6 cm³/mol.